The molecule has 0 saturated heterocycles. The maximum Gasteiger partial charge on any atom is 0.317 e. The van der Waals surface area contributed by atoms with Crippen LogP contribution < -0.4 is 0 Å². The van der Waals surface area contributed by atoms with Crippen LogP contribution in [0.3, 0.4) is 0 Å². The molecule has 0 radical (unpaired) electrons. The Morgan fingerprint density at radius 1 is 1.59 bits per heavy atom. The summed E-state index contributed by atoms with van der Waals surface area (Å²) in [6.07, 6.45) is 7.37. The van der Waals surface area contributed by atoms with Gasteiger partial charge in [0, 0.05) is 31.5 Å². The first-order chi connectivity index (χ1) is 8.13. The normalized spacial score (nSPS) is 12.9. The van der Waals surface area contributed by atoms with E-state index in [-0.39, 0.29) is 6.54 Å². The Hall–Kier alpha value is -1.36. The first-order valence-corrected chi connectivity index (χ1v) is 6.05. The molecule has 17 heavy (non-hydrogen) atoms. The molecule has 0 saturated carbocycles. The molecule has 96 valence electrons. The van der Waals surface area contributed by atoms with E-state index in [9.17, 15) is 4.79 Å². The molecule has 0 amide bonds. The van der Waals surface area contributed by atoms with Crippen LogP contribution in [0.4, 0.5) is 0 Å². The molecule has 1 rings (SSSR count). The predicted octanol–water partition coefficient (Wildman–Crippen LogP) is 1.46. The van der Waals surface area contributed by atoms with E-state index >= 15 is 0 Å². The number of imidazole rings is 1. The Kier molecular flexibility index (Phi) is 5.69. The van der Waals surface area contributed by atoms with Crippen molar-refractivity contribution in [2.24, 2.45) is 0 Å². The molecular weight excluding hydrogens is 218 g/mol. The summed E-state index contributed by atoms with van der Waals surface area (Å²) in [5, 5.41) is 8.85. The third-order valence-corrected chi connectivity index (χ3v) is 2.97. The molecule has 0 aliphatic rings. The number of aliphatic carboxylic acids is 1. The summed E-state index contributed by atoms with van der Waals surface area (Å²) in [7, 11) is 0. The molecule has 1 aromatic rings. The molecule has 0 aromatic carbocycles. The number of aryl methyl sites for hydroxylation is 1. The van der Waals surface area contributed by atoms with Crippen molar-refractivity contribution in [2.75, 3.05) is 13.1 Å². The van der Waals surface area contributed by atoms with E-state index in [2.05, 4.69) is 18.8 Å². The highest BCUT2D eigenvalue weighted by Gasteiger charge is 2.14. The molecule has 0 aliphatic heterocycles. The van der Waals surface area contributed by atoms with Crippen molar-refractivity contribution >= 4 is 5.97 Å². The molecule has 0 fully saturated rings. The zero-order valence-electron chi connectivity index (χ0n) is 10.5. The highest BCUT2D eigenvalue weighted by molar-refractivity contribution is 5.69. The third-order valence-electron chi connectivity index (χ3n) is 2.97. The van der Waals surface area contributed by atoms with Crippen LogP contribution in [0.25, 0.3) is 0 Å². The molecule has 0 bridgehead atoms. The molecule has 0 aliphatic carbocycles. The molecule has 0 spiro atoms. The summed E-state index contributed by atoms with van der Waals surface area (Å²) < 4.78 is 2.01. The number of nitrogens with zero attached hydrogens (tertiary/aromatic N) is 3. The summed E-state index contributed by atoms with van der Waals surface area (Å²) in [6, 6.07) is 0.314. The van der Waals surface area contributed by atoms with Crippen molar-refractivity contribution in [1.82, 2.24) is 14.5 Å². The van der Waals surface area contributed by atoms with Gasteiger partial charge in [-0.1, -0.05) is 6.92 Å². The monoisotopic (exact) mass is 239 g/mol. The predicted molar refractivity (Wildman–Crippen MR) is 65.8 cm³/mol. The van der Waals surface area contributed by atoms with E-state index < -0.39 is 5.97 Å². The Morgan fingerprint density at radius 3 is 2.88 bits per heavy atom. The molecule has 1 heterocycles. The van der Waals surface area contributed by atoms with Gasteiger partial charge in [0.25, 0.3) is 0 Å². The molecule has 1 atom stereocenters. The van der Waals surface area contributed by atoms with Crippen molar-refractivity contribution in [2.45, 2.75) is 39.3 Å². The number of rotatable bonds is 8. The maximum atomic E-state index is 10.8. The molecule has 5 heteroatoms. The second-order valence-electron chi connectivity index (χ2n) is 4.28. The Balaban J connectivity index is 2.35. The largest absolute Gasteiger partial charge is 0.480 e. The minimum absolute atomic E-state index is 0.124. The van der Waals surface area contributed by atoms with Crippen LogP contribution in [0.2, 0.25) is 0 Å². The number of carboxylic acid groups (broad SMARTS) is 1. The van der Waals surface area contributed by atoms with Gasteiger partial charge in [0.2, 0.25) is 0 Å². The first-order valence-electron chi connectivity index (χ1n) is 6.05. The number of aromatic nitrogens is 2. The summed E-state index contributed by atoms with van der Waals surface area (Å²) in [6.45, 7) is 5.96. The van der Waals surface area contributed by atoms with Crippen LogP contribution in [-0.2, 0) is 11.3 Å². The van der Waals surface area contributed by atoms with E-state index in [4.69, 9.17) is 5.11 Å². The van der Waals surface area contributed by atoms with E-state index in [0.29, 0.717) is 6.04 Å². The fourth-order valence-electron chi connectivity index (χ4n) is 1.76. The number of carbonyl (C=O) groups is 1. The van der Waals surface area contributed by atoms with E-state index in [1.54, 1.807) is 12.5 Å². The summed E-state index contributed by atoms with van der Waals surface area (Å²) in [5.41, 5.74) is 0. The fraction of sp³-hybridized carbons (Fsp3) is 0.667. The average Bonchev–Trinajstić information content (AvgIpc) is 2.79. The third kappa shape index (κ3) is 4.99. The first kappa shape index (κ1) is 13.7. The lowest BCUT2D eigenvalue weighted by Crippen LogP contribution is -2.38. The zero-order chi connectivity index (χ0) is 12.7. The smallest absolute Gasteiger partial charge is 0.317 e. The van der Waals surface area contributed by atoms with Crippen molar-refractivity contribution in [3.8, 4) is 0 Å². The van der Waals surface area contributed by atoms with Crippen LogP contribution in [-0.4, -0.2) is 44.7 Å². The fourth-order valence-corrected chi connectivity index (χ4v) is 1.76. The van der Waals surface area contributed by atoms with Gasteiger partial charge in [-0.15, -0.1) is 0 Å². The van der Waals surface area contributed by atoms with Gasteiger partial charge in [-0.2, -0.15) is 0 Å². The Morgan fingerprint density at radius 2 is 2.35 bits per heavy atom. The van der Waals surface area contributed by atoms with Gasteiger partial charge >= 0.3 is 5.97 Å². The van der Waals surface area contributed by atoms with Crippen molar-refractivity contribution in [3.05, 3.63) is 18.7 Å². The Labute approximate surface area is 102 Å². The average molecular weight is 239 g/mol. The van der Waals surface area contributed by atoms with Gasteiger partial charge in [-0.05, 0) is 19.8 Å². The van der Waals surface area contributed by atoms with Crippen molar-refractivity contribution < 1.29 is 9.90 Å². The van der Waals surface area contributed by atoms with E-state index in [0.717, 1.165) is 25.9 Å². The maximum absolute atomic E-state index is 10.8. The highest BCUT2D eigenvalue weighted by Crippen LogP contribution is 2.05. The highest BCUT2D eigenvalue weighted by atomic mass is 16.4. The van der Waals surface area contributed by atoms with Crippen LogP contribution in [0, 0.1) is 0 Å². The number of hydrogen-bond donors (Lipinski definition) is 1. The number of carboxylic acids is 1. The summed E-state index contributed by atoms with van der Waals surface area (Å²) >= 11 is 0. The standard InChI is InChI=1S/C12H21N3O2/c1-3-11(2)15(9-12(16)17)7-4-6-14-8-5-13-10-14/h5,8,10-11H,3-4,6-7,9H2,1-2H3,(H,16,17). The quantitative estimate of drug-likeness (QED) is 0.746. The lowest BCUT2D eigenvalue weighted by Gasteiger charge is -2.26. The van der Waals surface area contributed by atoms with Gasteiger partial charge < -0.3 is 9.67 Å². The minimum atomic E-state index is -0.757. The lowest BCUT2D eigenvalue weighted by molar-refractivity contribution is -0.138. The van der Waals surface area contributed by atoms with Crippen LogP contribution in [0.1, 0.15) is 26.7 Å². The lowest BCUT2D eigenvalue weighted by atomic mass is 10.2. The van der Waals surface area contributed by atoms with Gasteiger partial charge in [-0.25, -0.2) is 4.98 Å². The van der Waals surface area contributed by atoms with E-state index in [1.807, 2.05) is 15.7 Å². The van der Waals surface area contributed by atoms with Crippen molar-refractivity contribution in [3.63, 3.8) is 0 Å². The SMILES string of the molecule is CCC(C)N(CCCn1ccnc1)CC(=O)O. The molecule has 5 nitrogen and oxygen atoms in total. The topological polar surface area (TPSA) is 58.4 Å². The zero-order valence-corrected chi connectivity index (χ0v) is 10.5. The second-order valence-corrected chi connectivity index (χ2v) is 4.28. The Bertz CT molecular complexity index is 325. The van der Waals surface area contributed by atoms with Gasteiger partial charge in [0.05, 0.1) is 12.9 Å². The van der Waals surface area contributed by atoms with E-state index in [1.165, 1.54) is 0 Å². The minimum Gasteiger partial charge on any atom is -0.480 e. The van der Waals surface area contributed by atoms with Crippen molar-refractivity contribution in [1.29, 1.82) is 0 Å². The second kappa shape index (κ2) is 7.06. The summed E-state index contributed by atoms with van der Waals surface area (Å²) in [5.74, 6) is -0.757. The number of hydrogen-bond acceptors (Lipinski definition) is 3. The van der Waals surface area contributed by atoms with Gasteiger partial charge in [0.15, 0.2) is 0 Å². The molecular formula is C12H21N3O2. The van der Waals surface area contributed by atoms with Crippen LogP contribution in [0.15, 0.2) is 18.7 Å². The molecule has 1 aromatic heterocycles. The van der Waals surface area contributed by atoms with Crippen LogP contribution in [0.5, 0.6) is 0 Å². The van der Waals surface area contributed by atoms with Gasteiger partial charge in [-0.3, -0.25) is 9.69 Å². The van der Waals surface area contributed by atoms with Gasteiger partial charge in [0.1, 0.15) is 0 Å². The molecule has 1 N–H and O–H groups in total. The molecule has 1 unspecified atom stereocenters. The summed E-state index contributed by atoms with van der Waals surface area (Å²) in [4.78, 5) is 16.8. The van der Waals surface area contributed by atoms with Crippen LogP contribution >= 0.6 is 0 Å².